The predicted octanol–water partition coefficient (Wildman–Crippen LogP) is 8.34. The summed E-state index contributed by atoms with van der Waals surface area (Å²) in [6.07, 6.45) is 3.13. The van der Waals surface area contributed by atoms with Crippen molar-refractivity contribution < 1.29 is 19.7 Å². The van der Waals surface area contributed by atoms with Crippen LogP contribution in [0.3, 0.4) is 0 Å². The van der Waals surface area contributed by atoms with Crippen LogP contribution >= 0.6 is 0 Å². The van der Waals surface area contributed by atoms with Crippen LogP contribution in [0.15, 0.2) is 118 Å². The fraction of sp³-hybridized carbons (Fsp3) is 0.294. The minimum absolute atomic E-state index is 0.186. The van der Waals surface area contributed by atoms with Gasteiger partial charge in [-0.2, -0.15) is 20.5 Å². The van der Waals surface area contributed by atoms with E-state index in [0.717, 1.165) is 84.4 Å². The van der Waals surface area contributed by atoms with Crippen molar-refractivity contribution >= 4 is 34.1 Å². The number of aliphatic hydroxyl groups excluding tert-OH is 2. The van der Waals surface area contributed by atoms with Crippen molar-refractivity contribution in [3.8, 4) is 11.5 Å². The van der Waals surface area contributed by atoms with E-state index in [2.05, 4.69) is 31.1 Å². The van der Waals surface area contributed by atoms with Crippen LogP contribution in [0.25, 0.3) is 0 Å². The Kier molecular flexibility index (Phi) is 13.6. The first-order chi connectivity index (χ1) is 21.7. The highest BCUT2D eigenvalue weighted by atomic mass is 16.5. The standard InChI is InChI=1S/C34H40N6O4/c41-23-1-3-25-43-33-17-13-31(14-18-33)39-37-29-9-5-27(6-10-29)35-21-22-36-28-7-11-30(12-8-28)38-40-32-15-19-34(20-16-32)44-26-4-2-24-42/h5-20,35-36,41-42H,1-4,21-26H2. The molecule has 0 radical (unpaired) electrons. The molecule has 0 atom stereocenters. The van der Waals surface area contributed by atoms with Gasteiger partial charge >= 0.3 is 0 Å². The number of hydrogen-bond donors (Lipinski definition) is 4. The summed E-state index contributed by atoms with van der Waals surface area (Å²) in [5.74, 6) is 1.56. The molecule has 0 aromatic heterocycles. The number of rotatable bonds is 19. The Bertz CT molecular complexity index is 1300. The summed E-state index contributed by atoms with van der Waals surface area (Å²) in [5, 5.41) is 41.7. The highest BCUT2D eigenvalue weighted by molar-refractivity contribution is 5.53. The normalized spacial score (nSPS) is 11.2. The quantitative estimate of drug-likeness (QED) is 0.0635. The molecule has 10 nitrogen and oxygen atoms in total. The number of ether oxygens (including phenoxy) is 2. The van der Waals surface area contributed by atoms with E-state index in [1.807, 2.05) is 97.1 Å². The highest BCUT2D eigenvalue weighted by Gasteiger charge is 1.99. The molecular formula is C34H40N6O4. The molecule has 0 bridgehead atoms. The lowest BCUT2D eigenvalue weighted by atomic mass is 10.2. The fourth-order valence-corrected chi connectivity index (χ4v) is 3.96. The summed E-state index contributed by atoms with van der Waals surface area (Å²) in [6, 6.07) is 30.6. The van der Waals surface area contributed by atoms with Crippen LogP contribution in [0.4, 0.5) is 34.1 Å². The van der Waals surface area contributed by atoms with Crippen LogP contribution in [0, 0.1) is 0 Å². The van der Waals surface area contributed by atoms with Gasteiger partial charge in [0.2, 0.25) is 0 Å². The summed E-state index contributed by atoms with van der Waals surface area (Å²) < 4.78 is 11.3. The summed E-state index contributed by atoms with van der Waals surface area (Å²) in [4.78, 5) is 0. The molecule has 44 heavy (non-hydrogen) atoms. The Morgan fingerprint density at radius 2 is 0.750 bits per heavy atom. The van der Waals surface area contributed by atoms with Crippen LogP contribution in [0.1, 0.15) is 25.7 Å². The van der Waals surface area contributed by atoms with Crippen molar-refractivity contribution in [3.05, 3.63) is 97.1 Å². The molecule has 10 heteroatoms. The van der Waals surface area contributed by atoms with E-state index in [1.54, 1.807) is 0 Å². The zero-order valence-electron chi connectivity index (χ0n) is 24.8. The van der Waals surface area contributed by atoms with Gasteiger partial charge in [-0.3, -0.25) is 0 Å². The van der Waals surface area contributed by atoms with E-state index < -0.39 is 0 Å². The molecule has 4 aromatic carbocycles. The molecule has 0 aliphatic carbocycles. The summed E-state index contributed by atoms with van der Waals surface area (Å²) >= 11 is 0. The van der Waals surface area contributed by atoms with Gasteiger partial charge in [0.25, 0.3) is 0 Å². The number of aliphatic hydroxyl groups is 2. The van der Waals surface area contributed by atoms with Crippen molar-refractivity contribution in [2.75, 3.05) is 50.2 Å². The van der Waals surface area contributed by atoms with E-state index >= 15 is 0 Å². The summed E-state index contributed by atoms with van der Waals surface area (Å²) in [7, 11) is 0. The third-order valence-corrected chi connectivity index (χ3v) is 6.40. The number of nitrogens with zero attached hydrogens (tertiary/aromatic N) is 4. The molecule has 0 saturated carbocycles. The van der Waals surface area contributed by atoms with Crippen molar-refractivity contribution in [1.82, 2.24) is 0 Å². The van der Waals surface area contributed by atoms with E-state index in [1.165, 1.54) is 0 Å². The Balaban J connectivity index is 1.13. The zero-order valence-corrected chi connectivity index (χ0v) is 24.8. The molecule has 0 unspecified atom stereocenters. The minimum atomic E-state index is 0.186. The number of nitrogens with one attached hydrogen (secondary N) is 2. The van der Waals surface area contributed by atoms with Gasteiger partial charge in [0.05, 0.1) is 36.0 Å². The lowest BCUT2D eigenvalue weighted by Gasteiger charge is -2.09. The molecule has 230 valence electrons. The van der Waals surface area contributed by atoms with Gasteiger partial charge in [-0.25, -0.2) is 0 Å². The summed E-state index contributed by atoms with van der Waals surface area (Å²) in [6.45, 7) is 3.04. The van der Waals surface area contributed by atoms with Crippen molar-refractivity contribution in [2.45, 2.75) is 25.7 Å². The topological polar surface area (TPSA) is 132 Å². The van der Waals surface area contributed by atoms with Gasteiger partial charge in [0.15, 0.2) is 0 Å². The second-order valence-corrected chi connectivity index (χ2v) is 9.89. The SMILES string of the molecule is OCCCCOc1ccc(N=Nc2ccc(NCCNc3ccc(N=Nc4ccc(OCCCCO)cc4)cc3)cc2)cc1. The van der Waals surface area contributed by atoms with E-state index in [-0.39, 0.29) is 13.2 Å². The maximum absolute atomic E-state index is 8.83. The van der Waals surface area contributed by atoms with Gasteiger partial charge in [-0.05, 0) is 123 Å². The molecule has 0 aliphatic heterocycles. The molecule has 0 spiro atoms. The lowest BCUT2D eigenvalue weighted by Crippen LogP contribution is -2.13. The Morgan fingerprint density at radius 3 is 1.07 bits per heavy atom. The third kappa shape index (κ3) is 11.8. The molecule has 4 aromatic rings. The fourth-order valence-electron chi connectivity index (χ4n) is 3.96. The number of anilines is 2. The molecule has 0 saturated heterocycles. The third-order valence-electron chi connectivity index (χ3n) is 6.40. The van der Waals surface area contributed by atoms with Crippen LogP contribution < -0.4 is 20.1 Å². The summed E-state index contributed by atoms with van der Waals surface area (Å²) in [5.41, 5.74) is 5.05. The first-order valence-corrected chi connectivity index (χ1v) is 14.9. The van der Waals surface area contributed by atoms with E-state index in [0.29, 0.717) is 13.2 Å². The largest absolute Gasteiger partial charge is 0.494 e. The Labute approximate surface area is 258 Å². The first kappa shape index (κ1) is 32.1. The van der Waals surface area contributed by atoms with Gasteiger partial charge in [-0.1, -0.05) is 0 Å². The van der Waals surface area contributed by atoms with Crippen LogP contribution in [-0.4, -0.2) is 49.7 Å². The second kappa shape index (κ2) is 18.7. The van der Waals surface area contributed by atoms with Crippen LogP contribution in [0.5, 0.6) is 11.5 Å². The highest BCUT2D eigenvalue weighted by Crippen LogP contribution is 2.24. The number of unbranched alkanes of at least 4 members (excludes halogenated alkanes) is 2. The van der Waals surface area contributed by atoms with Crippen molar-refractivity contribution in [3.63, 3.8) is 0 Å². The van der Waals surface area contributed by atoms with Crippen molar-refractivity contribution in [1.29, 1.82) is 0 Å². The maximum Gasteiger partial charge on any atom is 0.119 e. The van der Waals surface area contributed by atoms with Gasteiger partial charge in [-0.15, -0.1) is 0 Å². The molecular weight excluding hydrogens is 556 g/mol. The predicted molar refractivity (Wildman–Crippen MR) is 175 cm³/mol. The molecule has 0 amide bonds. The minimum Gasteiger partial charge on any atom is -0.494 e. The average molecular weight is 597 g/mol. The Morgan fingerprint density at radius 1 is 0.432 bits per heavy atom. The monoisotopic (exact) mass is 596 g/mol. The number of hydrogen-bond acceptors (Lipinski definition) is 10. The molecule has 4 N–H and O–H groups in total. The van der Waals surface area contributed by atoms with Gasteiger partial charge in [0, 0.05) is 37.7 Å². The molecule has 0 heterocycles. The number of azo groups is 2. The second-order valence-electron chi connectivity index (χ2n) is 9.89. The van der Waals surface area contributed by atoms with Gasteiger partial charge in [0.1, 0.15) is 11.5 Å². The van der Waals surface area contributed by atoms with E-state index in [4.69, 9.17) is 19.7 Å². The van der Waals surface area contributed by atoms with Crippen LogP contribution in [0.2, 0.25) is 0 Å². The van der Waals surface area contributed by atoms with Crippen LogP contribution in [-0.2, 0) is 0 Å². The van der Waals surface area contributed by atoms with Crippen molar-refractivity contribution in [2.24, 2.45) is 20.5 Å². The van der Waals surface area contributed by atoms with Gasteiger partial charge < -0.3 is 30.3 Å². The number of benzene rings is 4. The zero-order chi connectivity index (χ0) is 30.7. The maximum atomic E-state index is 8.83. The molecule has 0 aliphatic rings. The first-order valence-electron chi connectivity index (χ1n) is 14.9. The molecule has 0 fully saturated rings. The molecule has 4 rings (SSSR count). The van der Waals surface area contributed by atoms with E-state index in [9.17, 15) is 0 Å². The smallest absolute Gasteiger partial charge is 0.119 e. The average Bonchev–Trinajstić information content (AvgIpc) is 3.07. The lowest BCUT2D eigenvalue weighted by molar-refractivity contribution is 0.253. The Hall–Kier alpha value is -4.80.